The first-order valence-corrected chi connectivity index (χ1v) is 6.81. The van der Waals surface area contributed by atoms with Crippen molar-refractivity contribution in [3.63, 3.8) is 0 Å². The van der Waals surface area contributed by atoms with Crippen molar-refractivity contribution in [2.75, 3.05) is 12.3 Å². The number of hydrogen-bond donors (Lipinski definition) is 1. The smallest absolute Gasteiger partial charge is 0.261 e. The molecule has 0 radical (unpaired) electrons. The van der Waals surface area contributed by atoms with Gasteiger partial charge in [0, 0.05) is 13.6 Å². The van der Waals surface area contributed by atoms with Gasteiger partial charge in [0.05, 0.1) is 28.7 Å². The number of nitrogens with zero attached hydrogens (tertiary/aromatic N) is 3. The van der Waals surface area contributed by atoms with E-state index in [0.29, 0.717) is 36.2 Å². The fraction of sp³-hybridized carbons (Fsp3) is 0.267. The van der Waals surface area contributed by atoms with Crippen molar-refractivity contribution in [1.82, 2.24) is 14.7 Å². The van der Waals surface area contributed by atoms with Crippen LogP contribution in [-0.4, -0.2) is 33.0 Å². The molecule has 2 N–H and O–H groups in total. The van der Waals surface area contributed by atoms with Crippen LogP contribution in [0.2, 0.25) is 0 Å². The molecule has 0 atom stereocenters. The van der Waals surface area contributed by atoms with E-state index in [9.17, 15) is 9.59 Å². The van der Waals surface area contributed by atoms with Crippen LogP contribution in [0.5, 0.6) is 0 Å². The number of rotatable bonds is 4. The van der Waals surface area contributed by atoms with Crippen molar-refractivity contribution in [2.45, 2.75) is 12.8 Å². The number of nitrogens with two attached hydrogens (primary N) is 1. The van der Waals surface area contributed by atoms with E-state index < -0.39 is 0 Å². The molecule has 0 spiro atoms. The molecule has 1 aromatic heterocycles. The molecule has 0 saturated heterocycles. The number of nitrogen functional groups attached to an aromatic ring is 1. The minimum absolute atomic E-state index is 0.214. The highest BCUT2D eigenvalue weighted by atomic mass is 16.2. The Hall–Kier alpha value is -2.63. The monoisotopic (exact) mass is 284 g/mol. The summed E-state index contributed by atoms with van der Waals surface area (Å²) in [4.78, 5) is 25.7. The molecule has 108 valence electrons. The number of benzene rings is 1. The average molecular weight is 284 g/mol. The Bertz CT molecular complexity index is 666. The first-order chi connectivity index (χ1) is 10.1. The second-order valence-corrected chi connectivity index (χ2v) is 5.08. The van der Waals surface area contributed by atoms with Gasteiger partial charge in [-0.15, -0.1) is 0 Å². The average Bonchev–Trinajstić information content (AvgIpc) is 2.93. The molecule has 1 aliphatic heterocycles. The van der Waals surface area contributed by atoms with E-state index in [-0.39, 0.29) is 11.8 Å². The number of hydrogen-bond acceptors (Lipinski definition) is 4. The van der Waals surface area contributed by atoms with E-state index in [0.717, 1.165) is 5.69 Å². The number of aryl methyl sites for hydroxylation is 1. The first-order valence-electron chi connectivity index (χ1n) is 6.81. The maximum absolute atomic E-state index is 12.2. The van der Waals surface area contributed by atoms with Gasteiger partial charge in [-0.1, -0.05) is 12.1 Å². The number of carbonyl (C=O) groups excluding carboxylic acids is 2. The van der Waals surface area contributed by atoms with E-state index in [1.54, 1.807) is 35.1 Å². The van der Waals surface area contributed by atoms with Crippen molar-refractivity contribution >= 4 is 17.5 Å². The van der Waals surface area contributed by atoms with Crippen molar-refractivity contribution in [2.24, 2.45) is 7.05 Å². The van der Waals surface area contributed by atoms with Crippen molar-refractivity contribution in [1.29, 1.82) is 0 Å². The largest absolute Gasteiger partial charge is 0.396 e. The zero-order valence-corrected chi connectivity index (χ0v) is 11.7. The van der Waals surface area contributed by atoms with Gasteiger partial charge in [0.2, 0.25) is 0 Å². The molecular formula is C15H16N4O2. The standard InChI is InChI=1S/C15H16N4O2/c1-18-13(12(16)9-17-18)7-4-8-19-14(20)10-5-2-3-6-11(10)15(19)21/h2-3,5-6,9H,4,7-8,16H2,1H3. The molecule has 6 heteroatoms. The second-order valence-electron chi connectivity index (χ2n) is 5.08. The summed E-state index contributed by atoms with van der Waals surface area (Å²) in [6.45, 7) is 0.386. The van der Waals surface area contributed by atoms with E-state index in [2.05, 4.69) is 5.10 Å². The zero-order valence-electron chi connectivity index (χ0n) is 11.7. The summed E-state index contributed by atoms with van der Waals surface area (Å²) in [5.41, 5.74) is 8.37. The molecule has 21 heavy (non-hydrogen) atoms. The Balaban J connectivity index is 1.68. The fourth-order valence-electron chi connectivity index (χ4n) is 2.63. The molecule has 0 bridgehead atoms. The number of carbonyl (C=O) groups is 2. The Morgan fingerprint density at radius 2 is 1.76 bits per heavy atom. The Morgan fingerprint density at radius 1 is 1.14 bits per heavy atom. The number of fused-ring (bicyclic) bond motifs is 1. The summed E-state index contributed by atoms with van der Waals surface area (Å²) in [6, 6.07) is 6.91. The molecule has 0 aliphatic carbocycles. The van der Waals surface area contributed by atoms with Gasteiger partial charge >= 0.3 is 0 Å². The maximum atomic E-state index is 12.2. The van der Waals surface area contributed by atoms with Gasteiger partial charge in [-0.3, -0.25) is 19.2 Å². The predicted molar refractivity (Wildman–Crippen MR) is 77.8 cm³/mol. The SMILES string of the molecule is Cn1ncc(N)c1CCCN1C(=O)c2ccccc2C1=O. The lowest BCUT2D eigenvalue weighted by atomic mass is 10.1. The summed E-state index contributed by atoms with van der Waals surface area (Å²) < 4.78 is 1.72. The Kier molecular flexibility index (Phi) is 3.21. The molecule has 1 aromatic carbocycles. The third-order valence-electron chi connectivity index (χ3n) is 3.77. The number of aromatic nitrogens is 2. The lowest BCUT2D eigenvalue weighted by Crippen LogP contribution is -2.31. The van der Waals surface area contributed by atoms with Crippen LogP contribution in [0.4, 0.5) is 5.69 Å². The lowest BCUT2D eigenvalue weighted by molar-refractivity contribution is 0.0652. The van der Waals surface area contributed by atoms with Crippen LogP contribution in [-0.2, 0) is 13.5 Å². The highest BCUT2D eigenvalue weighted by Crippen LogP contribution is 2.23. The number of anilines is 1. The van der Waals surface area contributed by atoms with Gasteiger partial charge in [-0.2, -0.15) is 5.10 Å². The summed E-state index contributed by atoms with van der Waals surface area (Å²) in [7, 11) is 1.83. The van der Waals surface area contributed by atoms with Gasteiger partial charge in [-0.25, -0.2) is 0 Å². The summed E-state index contributed by atoms with van der Waals surface area (Å²) in [5.74, 6) is -0.429. The molecule has 0 fully saturated rings. The van der Waals surface area contributed by atoms with E-state index >= 15 is 0 Å². The zero-order chi connectivity index (χ0) is 15.0. The predicted octanol–water partition coefficient (Wildman–Crippen LogP) is 1.23. The highest BCUT2D eigenvalue weighted by Gasteiger charge is 2.34. The van der Waals surface area contributed by atoms with Crippen LogP contribution in [0.25, 0.3) is 0 Å². The summed E-state index contributed by atoms with van der Waals surface area (Å²) in [6.07, 6.45) is 2.95. The quantitative estimate of drug-likeness (QED) is 0.856. The highest BCUT2D eigenvalue weighted by molar-refractivity contribution is 6.21. The van der Waals surface area contributed by atoms with Crippen molar-refractivity contribution in [3.8, 4) is 0 Å². The van der Waals surface area contributed by atoms with Crippen LogP contribution in [0.1, 0.15) is 32.8 Å². The minimum Gasteiger partial charge on any atom is -0.396 e. The molecule has 3 rings (SSSR count). The van der Waals surface area contributed by atoms with Gasteiger partial charge < -0.3 is 5.73 Å². The molecule has 2 aromatic rings. The number of amides is 2. The number of imide groups is 1. The minimum atomic E-state index is -0.214. The molecule has 1 aliphatic rings. The van der Waals surface area contributed by atoms with Crippen LogP contribution in [0.15, 0.2) is 30.5 Å². The Morgan fingerprint density at radius 3 is 2.29 bits per heavy atom. The van der Waals surface area contributed by atoms with Crippen LogP contribution >= 0.6 is 0 Å². The maximum Gasteiger partial charge on any atom is 0.261 e. The summed E-state index contributed by atoms with van der Waals surface area (Å²) >= 11 is 0. The molecular weight excluding hydrogens is 268 g/mol. The van der Waals surface area contributed by atoms with Gasteiger partial charge in [0.15, 0.2) is 0 Å². The molecule has 6 nitrogen and oxygen atoms in total. The lowest BCUT2D eigenvalue weighted by Gasteiger charge is -2.13. The fourth-order valence-corrected chi connectivity index (χ4v) is 2.63. The van der Waals surface area contributed by atoms with E-state index in [1.807, 2.05) is 7.05 Å². The first kappa shape index (κ1) is 13.4. The summed E-state index contributed by atoms with van der Waals surface area (Å²) in [5, 5.41) is 4.07. The van der Waals surface area contributed by atoms with Gasteiger partial charge in [0.25, 0.3) is 11.8 Å². The third-order valence-corrected chi connectivity index (χ3v) is 3.77. The van der Waals surface area contributed by atoms with Gasteiger partial charge in [-0.05, 0) is 25.0 Å². The van der Waals surface area contributed by atoms with Crippen molar-refractivity contribution in [3.05, 3.63) is 47.3 Å². The molecule has 0 unspecified atom stereocenters. The van der Waals surface area contributed by atoms with E-state index in [4.69, 9.17) is 5.73 Å². The third kappa shape index (κ3) is 2.18. The van der Waals surface area contributed by atoms with Crippen LogP contribution in [0, 0.1) is 0 Å². The van der Waals surface area contributed by atoms with Crippen LogP contribution < -0.4 is 5.73 Å². The Labute approximate surface area is 122 Å². The van der Waals surface area contributed by atoms with Gasteiger partial charge in [0.1, 0.15) is 0 Å². The second kappa shape index (κ2) is 5.05. The normalized spacial score (nSPS) is 13.9. The molecule has 2 heterocycles. The van der Waals surface area contributed by atoms with E-state index in [1.165, 1.54) is 4.90 Å². The van der Waals surface area contributed by atoms with Crippen molar-refractivity contribution < 1.29 is 9.59 Å². The molecule has 2 amide bonds. The van der Waals surface area contributed by atoms with Crippen LogP contribution in [0.3, 0.4) is 0 Å². The topological polar surface area (TPSA) is 81.2 Å². The molecule has 0 saturated carbocycles.